The number of sulfonamides is 1. The molecular formula is C19H21NO6S. The van der Waals surface area contributed by atoms with Gasteiger partial charge >= 0.3 is 5.97 Å². The third-order valence-electron chi connectivity index (χ3n) is 4.11. The van der Waals surface area contributed by atoms with Gasteiger partial charge in [-0.15, -0.1) is 0 Å². The topological polar surface area (TPSA) is 118 Å². The van der Waals surface area contributed by atoms with E-state index in [4.69, 9.17) is 0 Å². The predicted molar refractivity (Wildman–Crippen MR) is 100 cm³/mol. The summed E-state index contributed by atoms with van der Waals surface area (Å²) in [7, 11) is -4.46. The van der Waals surface area contributed by atoms with E-state index in [9.17, 15) is 27.9 Å². The summed E-state index contributed by atoms with van der Waals surface area (Å²) in [5, 5.41) is 7.70. The highest BCUT2D eigenvalue weighted by atomic mass is 32.2. The highest BCUT2D eigenvalue weighted by Crippen LogP contribution is 2.32. The molecule has 2 rings (SSSR count). The van der Waals surface area contributed by atoms with Crippen LogP contribution >= 0.6 is 0 Å². The molecule has 1 unspecified atom stereocenters. The highest BCUT2D eigenvalue weighted by Gasteiger charge is 2.40. The third-order valence-corrected chi connectivity index (χ3v) is 5.71. The molecule has 0 spiro atoms. The molecule has 1 atom stereocenters. The molecule has 0 aromatic heterocycles. The number of hydrogen-bond acceptors (Lipinski definition) is 5. The molecule has 144 valence electrons. The number of allylic oxidation sites excluding steroid dienone is 1. The maximum absolute atomic E-state index is 12.8. The largest absolute Gasteiger partial charge is 0.478 e. The van der Waals surface area contributed by atoms with Gasteiger partial charge in [0.05, 0.1) is 5.57 Å². The summed E-state index contributed by atoms with van der Waals surface area (Å²) in [6.45, 7) is 3.62. The van der Waals surface area contributed by atoms with Crippen LogP contribution in [-0.4, -0.2) is 36.4 Å². The molecule has 0 saturated carbocycles. The number of carbonyl (C=O) groups excluding carboxylic acids is 2. The Hall–Kier alpha value is -2.74. The molecular weight excluding hydrogens is 370 g/mol. The summed E-state index contributed by atoms with van der Waals surface area (Å²) in [5.41, 5.74) is 0.641. The number of carboxylic acids is 1. The van der Waals surface area contributed by atoms with Crippen molar-refractivity contribution in [3.05, 3.63) is 53.1 Å². The zero-order chi connectivity index (χ0) is 20.2. The Morgan fingerprint density at radius 3 is 2.52 bits per heavy atom. The van der Waals surface area contributed by atoms with Crippen molar-refractivity contribution in [2.75, 3.05) is 0 Å². The van der Waals surface area contributed by atoms with Crippen LogP contribution in [0.2, 0.25) is 0 Å². The lowest BCUT2D eigenvalue weighted by molar-refractivity contribution is -0.132. The molecule has 1 aromatic rings. The maximum Gasteiger partial charge on any atom is 0.336 e. The molecule has 27 heavy (non-hydrogen) atoms. The van der Waals surface area contributed by atoms with Crippen LogP contribution in [0.15, 0.2) is 42.0 Å². The highest BCUT2D eigenvalue weighted by molar-refractivity contribution is 7.92. The van der Waals surface area contributed by atoms with Crippen LogP contribution in [0.4, 0.5) is 0 Å². The first-order valence-corrected chi connectivity index (χ1v) is 10.0. The molecule has 1 aromatic carbocycles. The van der Waals surface area contributed by atoms with Crippen molar-refractivity contribution in [3.63, 3.8) is 0 Å². The molecule has 8 heteroatoms. The van der Waals surface area contributed by atoms with Gasteiger partial charge in [-0.2, -0.15) is 0 Å². The lowest BCUT2D eigenvalue weighted by atomic mass is 9.90. The second-order valence-electron chi connectivity index (χ2n) is 6.29. The first kappa shape index (κ1) is 20.6. The van der Waals surface area contributed by atoms with Gasteiger partial charge in [0.2, 0.25) is 15.9 Å². The van der Waals surface area contributed by atoms with Crippen LogP contribution in [0.3, 0.4) is 0 Å². The maximum atomic E-state index is 12.8. The predicted octanol–water partition coefficient (Wildman–Crippen LogP) is 1.98. The summed E-state index contributed by atoms with van der Waals surface area (Å²) < 4.78 is 27.5. The lowest BCUT2D eigenvalue weighted by Crippen LogP contribution is -2.44. The Morgan fingerprint density at radius 2 is 1.93 bits per heavy atom. The second-order valence-corrected chi connectivity index (χ2v) is 8.06. The van der Waals surface area contributed by atoms with Crippen LogP contribution < -0.4 is 4.72 Å². The SMILES string of the molecule is CCCCC(=O)NS(=O)(=O)C1C(=O)C=CC(C(=O)O)=C1c1cccc(C)c1. The van der Waals surface area contributed by atoms with Gasteiger partial charge in [0.15, 0.2) is 11.0 Å². The molecule has 0 fully saturated rings. The summed E-state index contributed by atoms with van der Waals surface area (Å²) >= 11 is 0. The Kier molecular flexibility index (Phi) is 6.32. The Balaban J connectivity index is 2.57. The van der Waals surface area contributed by atoms with Crippen molar-refractivity contribution < 1.29 is 27.9 Å². The fourth-order valence-electron chi connectivity index (χ4n) is 2.85. The van der Waals surface area contributed by atoms with E-state index in [2.05, 4.69) is 0 Å². The molecule has 7 nitrogen and oxygen atoms in total. The van der Waals surface area contributed by atoms with E-state index in [1.54, 1.807) is 31.2 Å². The van der Waals surface area contributed by atoms with Gasteiger partial charge < -0.3 is 5.11 Å². The van der Waals surface area contributed by atoms with Gasteiger partial charge in [-0.3, -0.25) is 14.3 Å². The smallest absolute Gasteiger partial charge is 0.336 e. The first-order valence-electron chi connectivity index (χ1n) is 8.48. The normalized spacial score (nSPS) is 17.1. The van der Waals surface area contributed by atoms with Crippen molar-refractivity contribution in [2.45, 2.75) is 38.4 Å². The van der Waals surface area contributed by atoms with E-state index in [1.807, 2.05) is 11.6 Å². The van der Waals surface area contributed by atoms with Crippen LogP contribution in [0, 0.1) is 6.92 Å². The molecule has 0 saturated heterocycles. The van der Waals surface area contributed by atoms with E-state index < -0.39 is 32.9 Å². The number of nitrogens with one attached hydrogen (secondary N) is 1. The van der Waals surface area contributed by atoms with Crippen molar-refractivity contribution in [1.82, 2.24) is 4.72 Å². The van der Waals surface area contributed by atoms with Crippen LogP contribution in [0.25, 0.3) is 5.57 Å². The lowest BCUT2D eigenvalue weighted by Gasteiger charge is -2.23. The van der Waals surface area contributed by atoms with E-state index in [-0.39, 0.29) is 17.6 Å². The number of benzene rings is 1. The number of carboxylic acid groups (broad SMARTS) is 1. The molecule has 1 aliphatic rings. The third kappa shape index (κ3) is 4.71. The zero-order valence-electron chi connectivity index (χ0n) is 15.1. The molecule has 2 N–H and O–H groups in total. The number of unbranched alkanes of at least 4 members (excludes halogenated alkanes) is 1. The fourth-order valence-corrected chi connectivity index (χ4v) is 4.34. The summed E-state index contributed by atoms with van der Waals surface area (Å²) in [5.74, 6) is -2.88. The number of rotatable bonds is 7. The molecule has 1 aliphatic carbocycles. The number of aryl methyl sites for hydroxylation is 1. The summed E-state index contributed by atoms with van der Waals surface area (Å²) in [6.07, 6.45) is 3.22. The second kappa shape index (κ2) is 8.30. The summed E-state index contributed by atoms with van der Waals surface area (Å²) in [4.78, 5) is 36.0. The molecule has 1 amide bonds. The average Bonchev–Trinajstić information content (AvgIpc) is 2.58. The standard InChI is InChI=1S/C19H21NO6S/c1-3-4-8-16(22)20-27(25,26)18-15(21)10-9-14(19(23)24)17(18)13-7-5-6-12(2)11-13/h5-7,9-11,18H,3-4,8H2,1-2H3,(H,20,22)(H,23,24). The van der Waals surface area contributed by atoms with E-state index in [0.717, 1.165) is 17.7 Å². The van der Waals surface area contributed by atoms with Gasteiger partial charge in [-0.1, -0.05) is 43.2 Å². The van der Waals surface area contributed by atoms with Crippen molar-refractivity contribution in [1.29, 1.82) is 0 Å². The number of ketones is 1. The van der Waals surface area contributed by atoms with Gasteiger partial charge in [0.25, 0.3) is 0 Å². The van der Waals surface area contributed by atoms with Crippen LogP contribution in [0.5, 0.6) is 0 Å². The monoisotopic (exact) mass is 391 g/mol. The van der Waals surface area contributed by atoms with Gasteiger partial charge in [-0.25, -0.2) is 13.2 Å². The molecule has 0 bridgehead atoms. The zero-order valence-corrected chi connectivity index (χ0v) is 15.9. The molecule has 0 aliphatic heterocycles. The van der Waals surface area contributed by atoms with Crippen LogP contribution in [-0.2, 0) is 24.4 Å². The quantitative estimate of drug-likeness (QED) is 0.734. The summed E-state index contributed by atoms with van der Waals surface area (Å²) in [6, 6.07) is 6.55. The van der Waals surface area contributed by atoms with Gasteiger partial charge in [0, 0.05) is 12.0 Å². The number of hydrogen-bond donors (Lipinski definition) is 2. The van der Waals surface area contributed by atoms with E-state index >= 15 is 0 Å². The number of aliphatic carboxylic acids is 1. The Labute approximate surface area is 157 Å². The van der Waals surface area contributed by atoms with Crippen molar-refractivity contribution in [3.8, 4) is 0 Å². The molecule has 0 radical (unpaired) electrons. The Bertz CT molecular complexity index is 943. The van der Waals surface area contributed by atoms with Gasteiger partial charge in [-0.05, 0) is 31.1 Å². The first-order chi connectivity index (χ1) is 12.7. The minimum atomic E-state index is -4.46. The van der Waals surface area contributed by atoms with E-state index in [0.29, 0.717) is 18.4 Å². The fraction of sp³-hybridized carbons (Fsp3) is 0.316. The molecule has 0 heterocycles. The van der Waals surface area contributed by atoms with Crippen LogP contribution in [0.1, 0.15) is 37.3 Å². The minimum absolute atomic E-state index is 0.00175. The minimum Gasteiger partial charge on any atom is -0.478 e. The average molecular weight is 391 g/mol. The van der Waals surface area contributed by atoms with Crippen molar-refractivity contribution >= 4 is 33.3 Å². The number of amides is 1. The van der Waals surface area contributed by atoms with Crippen molar-refractivity contribution in [2.24, 2.45) is 0 Å². The Morgan fingerprint density at radius 1 is 1.22 bits per heavy atom. The van der Waals surface area contributed by atoms with E-state index in [1.165, 1.54) is 0 Å². The number of carbonyl (C=O) groups is 3. The van der Waals surface area contributed by atoms with Gasteiger partial charge in [0.1, 0.15) is 0 Å².